The molecule has 5 rings (SSSR count). The SMILES string of the molecule is COc1cc(/C=N/Nc2nc(Nc3ccccc3)nc(N3CCCC3)n2)cc(I)c1OCc1ccc(C)cc1. The predicted molar refractivity (Wildman–Crippen MR) is 163 cm³/mol. The van der Waals surface area contributed by atoms with Crippen LogP contribution in [0.2, 0.25) is 0 Å². The maximum atomic E-state index is 6.11. The maximum absolute atomic E-state index is 6.11. The van der Waals surface area contributed by atoms with Gasteiger partial charge in [-0.25, -0.2) is 5.43 Å². The molecule has 4 aromatic rings. The van der Waals surface area contributed by atoms with E-state index in [2.05, 4.69) is 89.5 Å². The molecule has 10 heteroatoms. The van der Waals surface area contributed by atoms with Crippen molar-refractivity contribution in [1.29, 1.82) is 0 Å². The molecular formula is C29H30IN7O2. The second-order valence-corrected chi connectivity index (χ2v) is 10.3. The zero-order valence-electron chi connectivity index (χ0n) is 21.9. The van der Waals surface area contributed by atoms with Crippen molar-refractivity contribution >= 4 is 52.3 Å². The first-order valence-corrected chi connectivity index (χ1v) is 13.8. The van der Waals surface area contributed by atoms with E-state index in [1.807, 2.05) is 42.5 Å². The number of methoxy groups -OCH3 is 1. The van der Waals surface area contributed by atoms with Gasteiger partial charge in [-0.15, -0.1) is 0 Å². The number of hydrogen-bond acceptors (Lipinski definition) is 9. The molecule has 0 spiro atoms. The zero-order valence-corrected chi connectivity index (χ0v) is 24.1. The van der Waals surface area contributed by atoms with Crippen LogP contribution < -0.4 is 25.1 Å². The van der Waals surface area contributed by atoms with Crippen LogP contribution in [-0.2, 0) is 6.61 Å². The normalized spacial score (nSPS) is 13.1. The fraction of sp³-hybridized carbons (Fsp3) is 0.241. The van der Waals surface area contributed by atoms with Gasteiger partial charge in [0.05, 0.1) is 16.9 Å². The Labute approximate surface area is 241 Å². The number of hydrogen-bond donors (Lipinski definition) is 2. The minimum absolute atomic E-state index is 0.362. The maximum Gasteiger partial charge on any atom is 0.250 e. The lowest BCUT2D eigenvalue weighted by Crippen LogP contribution is -2.21. The summed E-state index contributed by atoms with van der Waals surface area (Å²) in [4.78, 5) is 15.9. The molecule has 1 saturated heterocycles. The van der Waals surface area contributed by atoms with Crippen molar-refractivity contribution in [3.05, 3.63) is 87.0 Å². The Morgan fingerprint density at radius 3 is 2.46 bits per heavy atom. The van der Waals surface area contributed by atoms with Gasteiger partial charge in [0.2, 0.25) is 17.8 Å². The summed E-state index contributed by atoms with van der Waals surface area (Å²) in [6.07, 6.45) is 3.95. The molecule has 3 aromatic carbocycles. The third kappa shape index (κ3) is 7.14. The minimum Gasteiger partial charge on any atom is -0.493 e. The summed E-state index contributed by atoms with van der Waals surface area (Å²) in [5.41, 5.74) is 7.04. The highest BCUT2D eigenvalue weighted by Gasteiger charge is 2.18. The molecule has 39 heavy (non-hydrogen) atoms. The van der Waals surface area contributed by atoms with Crippen LogP contribution in [0.3, 0.4) is 0 Å². The third-order valence-electron chi connectivity index (χ3n) is 6.18. The van der Waals surface area contributed by atoms with Crippen molar-refractivity contribution < 1.29 is 9.47 Å². The number of aromatic nitrogens is 3. The van der Waals surface area contributed by atoms with Gasteiger partial charge < -0.3 is 19.7 Å². The lowest BCUT2D eigenvalue weighted by atomic mass is 10.2. The molecule has 1 aromatic heterocycles. The second kappa shape index (κ2) is 12.7. The van der Waals surface area contributed by atoms with Crippen LogP contribution in [0.1, 0.15) is 29.5 Å². The topological polar surface area (TPSA) is 96.8 Å². The molecule has 0 saturated carbocycles. The number of halogens is 1. The van der Waals surface area contributed by atoms with Gasteiger partial charge in [-0.1, -0.05) is 48.0 Å². The fourth-order valence-electron chi connectivity index (χ4n) is 4.14. The monoisotopic (exact) mass is 635 g/mol. The smallest absolute Gasteiger partial charge is 0.250 e. The van der Waals surface area contributed by atoms with E-state index in [0.29, 0.717) is 36.0 Å². The molecule has 1 fully saturated rings. The highest BCUT2D eigenvalue weighted by atomic mass is 127. The van der Waals surface area contributed by atoms with Crippen molar-refractivity contribution in [2.24, 2.45) is 5.10 Å². The predicted octanol–water partition coefficient (Wildman–Crippen LogP) is 6.16. The average Bonchev–Trinajstić information content (AvgIpc) is 3.49. The summed E-state index contributed by atoms with van der Waals surface area (Å²) in [5, 5.41) is 7.66. The van der Waals surface area contributed by atoms with Gasteiger partial charge in [0.25, 0.3) is 0 Å². The molecule has 0 radical (unpaired) electrons. The van der Waals surface area contributed by atoms with Crippen molar-refractivity contribution in [1.82, 2.24) is 15.0 Å². The Kier molecular flexibility index (Phi) is 8.71. The number of nitrogens with one attached hydrogen (secondary N) is 2. The summed E-state index contributed by atoms with van der Waals surface area (Å²) in [5.74, 6) is 2.79. The average molecular weight is 636 g/mol. The standard InChI is InChI=1S/C29H30IN7O2/c1-20-10-12-21(13-11-20)19-39-26-24(30)16-22(17-25(26)38-2)18-31-36-28-33-27(32-23-8-4-3-5-9-23)34-29(35-28)37-14-6-7-15-37/h3-5,8-13,16-18H,6-7,14-15,19H2,1-2H3,(H2,32,33,34,35,36)/b31-18+. The molecule has 2 heterocycles. The van der Waals surface area contributed by atoms with E-state index in [4.69, 9.17) is 9.47 Å². The Morgan fingerprint density at radius 2 is 1.72 bits per heavy atom. The summed E-state index contributed by atoms with van der Waals surface area (Å²) in [6.45, 7) is 4.38. The molecule has 0 unspecified atom stereocenters. The molecule has 9 nitrogen and oxygen atoms in total. The van der Waals surface area contributed by atoms with Crippen LogP contribution in [0.4, 0.5) is 23.5 Å². The fourth-order valence-corrected chi connectivity index (χ4v) is 4.92. The second-order valence-electron chi connectivity index (χ2n) is 9.15. The molecule has 200 valence electrons. The molecule has 0 atom stereocenters. The number of nitrogens with zero attached hydrogens (tertiary/aromatic N) is 5. The Balaban J connectivity index is 1.31. The molecule has 2 N–H and O–H groups in total. The number of ether oxygens (including phenoxy) is 2. The lowest BCUT2D eigenvalue weighted by Gasteiger charge is -2.16. The zero-order chi connectivity index (χ0) is 27.0. The van der Waals surface area contributed by atoms with Crippen molar-refractivity contribution in [3.8, 4) is 11.5 Å². The van der Waals surface area contributed by atoms with Gasteiger partial charge in [-0.3, -0.25) is 0 Å². The van der Waals surface area contributed by atoms with Crippen LogP contribution in [0.15, 0.2) is 71.8 Å². The highest BCUT2D eigenvalue weighted by molar-refractivity contribution is 14.1. The Hall–Kier alpha value is -3.93. The van der Waals surface area contributed by atoms with E-state index >= 15 is 0 Å². The van der Waals surface area contributed by atoms with E-state index in [1.165, 1.54) is 5.56 Å². The van der Waals surface area contributed by atoms with Crippen LogP contribution in [-0.4, -0.2) is 41.4 Å². The molecule has 0 bridgehead atoms. The first-order chi connectivity index (χ1) is 19.1. The van der Waals surface area contributed by atoms with Gasteiger partial charge in [0.1, 0.15) is 6.61 Å². The summed E-state index contributed by atoms with van der Waals surface area (Å²) < 4.78 is 12.7. The van der Waals surface area contributed by atoms with Crippen LogP contribution in [0, 0.1) is 10.5 Å². The van der Waals surface area contributed by atoms with Gasteiger partial charge in [0, 0.05) is 18.8 Å². The summed E-state index contributed by atoms with van der Waals surface area (Å²) in [6, 6.07) is 22.0. The van der Waals surface area contributed by atoms with Crippen LogP contribution in [0.25, 0.3) is 0 Å². The van der Waals surface area contributed by atoms with E-state index < -0.39 is 0 Å². The van der Waals surface area contributed by atoms with Crippen molar-refractivity contribution in [3.63, 3.8) is 0 Å². The van der Waals surface area contributed by atoms with E-state index in [1.54, 1.807) is 13.3 Å². The van der Waals surface area contributed by atoms with Crippen LogP contribution in [0.5, 0.6) is 11.5 Å². The van der Waals surface area contributed by atoms with Gasteiger partial charge in [0.15, 0.2) is 11.5 Å². The van der Waals surface area contributed by atoms with E-state index in [-0.39, 0.29) is 0 Å². The van der Waals surface area contributed by atoms with Gasteiger partial charge >= 0.3 is 0 Å². The van der Waals surface area contributed by atoms with Gasteiger partial charge in [-0.05, 0) is 77.7 Å². The number of rotatable bonds is 10. The summed E-state index contributed by atoms with van der Waals surface area (Å²) in [7, 11) is 1.63. The van der Waals surface area contributed by atoms with Crippen LogP contribution >= 0.6 is 22.6 Å². The quantitative estimate of drug-likeness (QED) is 0.122. The molecule has 1 aliphatic rings. The molecule has 0 aliphatic carbocycles. The first kappa shape index (κ1) is 26.7. The number of aryl methyl sites for hydroxylation is 1. The van der Waals surface area contributed by atoms with Crippen molar-refractivity contribution in [2.75, 3.05) is 35.8 Å². The summed E-state index contributed by atoms with van der Waals surface area (Å²) >= 11 is 2.25. The largest absolute Gasteiger partial charge is 0.493 e. The highest BCUT2D eigenvalue weighted by Crippen LogP contribution is 2.34. The minimum atomic E-state index is 0.362. The number of anilines is 4. The van der Waals surface area contributed by atoms with E-state index in [0.717, 1.165) is 46.3 Å². The Morgan fingerprint density at radius 1 is 0.974 bits per heavy atom. The molecule has 1 aliphatic heterocycles. The van der Waals surface area contributed by atoms with Gasteiger partial charge in [-0.2, -0.15) is 20.1 Å². The van der Waals surface area contributed by atoms with E-state index in [9.17, 15) is 0 Å². The first-order valence-electron chi connectivity index (χ1n) is 12.8. The molecular weight excluding hydrogens is 605 g/mol. The molecule has 0 amide bonds. The van der Waals surface area contributed by atoms with Crippen molar-refractivity contribution in [2.45, 2.75) is 26.4 Å². The third-order valence-corrected chi connectivity index (χ3v) is 6.98. The number of hydrazone groups is 1. The number of benzene rings is 3. The lowest BCUT2D eigenvalue weighted by molar-refractivity contribution is 0.282. The Bertz CT molecular complexity index is 1430. The number of para-hydroxylation sites is 1.